The predicted molar refractivity (Wildman–Crippen MR) is 96.5 cm³/mol. The average molecular weight is 321 g/mol. The van der Waals surface area contributed by atoms with E-state index in [1.807, 2.05) is 42.3 Å². The molecule has 1 aromatic carbocycles. The Morgan fingerprint density at radius 2 is 1.83 bits per heavy atom. The molecule has 0 atom stereocenters. The molecular weight excluding hydrogens is 298 g/mol. The van der Waals surface area contributed by atoms with E-state index in [2.05, 4.69) is 57.6 Å². The maximum absolute atomic E-state index is 4.57. The quantitative estimate of drug-likeness (QED) is 0.727. The first-order chi connectivity index (χ1) is 11.7. The van der Waals surface area contributed by atoms with Crippen LogP contribution in [0.25, 0.3) is 0 Å². The first-order valence-corrected chi connectivity index (χ1v) is 8.10. The van der Waals surface area contributed by atoms with Gasteiger partial charge in [0.25, 0.3) is 0 Å². The largest absolute Gasteiger partial charge is 0.355 e. The zero-order valence-electron chi connectivity index (χ0n) is 14.2. The molecule has 0 radical (unpaired) electrons. The molecule has 0 bridgehead atoms. The fourth-order valence-corrected chi connectivity index (χ4v) is 2.72. The minimum Gasteiger partial charge on any atom is -0.355 e. The molecule has 0 amide bonds. The van der Waals surface area contributed by atoms with Crippen LogP contribution in [0.2, 0.25) is 0 Å². The normalized spacial score (nSPS) is 10.8. The van der Waals surface area contributed by atoms with Gasteiger partial charge in [0.1, 0.15) is 11.6 Å². The van der Waals surface area contributed by atoms with Crippen LogP contribution in [-0.2, 0) is 26.7 Å². The monoisotopic (exact) mass is 321 g/mol. The van der Waals surface area contributed by atoms with Crippen molar-refractivity contribution in [2.24, 2.45) is 7.05 Å². The van der Waals surface area contributed by atoms with E-state index in [0.29, 0.717) is 0 Å². The molecule has 5 heteroatoms. The number of hydrogen-bond donors (Lipinski definition) is 1. The minimum absolute atomic E-state index is 0.736. The Balaban J connectivity index is 1.65. The minimum atomic E-state index is 0.736. The maximum Gasteiger partial charge on any atom is 0.133 e. The molecule has 0 aliphatic heterocycles. The average Bonchev–Trinajstić information content (AvgIpc) is 3.01. The van der Waals surface area contributed by atoms with Crippen molar-refractivity contribution in [2.75, 3.05) is 11.9 Å². The third-order valence-corrected chi connectivity index (χ3v) is 4.01. The molecule has 124 valence electrons. The third-order valence-electron chi connectivity index (χ3n) is 4.01. The molecule has 0 aliphatic rings. The summed E-state index contributed by atoms with van der Waals surface area (Å²) in [7, 11) is 4.09. The van der Waals surface area contributed by atoms with Gasteiger partial charge in [0.15, 0.2) is 0 Å². The lowest BCUT2D eigenvalue weighted by molar-refractivity contribution is 0.636. The predicted octanol–water partition coefficient (Wildman–Crippen LogP) is 2.74. The Labute approximate surface area is 143 Å². The van der Waals surface area contributed by atoms with Crippen molar-refractivity contribution >= 4 is 5.82 Å². The Bertz CT molecular complexity index is 766. The van der Waals surface area contributed by atoms with Crippen LogP contribution in [0.5, 0.6) is 0 Å². The van der Waals surface area contributed by atoms with Gasteiger partial charge in [-0.15, -0.1) is 0 Å². The number of rotatable bonds is 7. The molecule has 0 saturated heterocycles. The number of pyridine rings is 1. The highest BCUT2D eigenvalue weighted by molar-refractivity contribution is 5.46. The van der Waals surface area contributed by atoms with E-state index in [1.54, 1.807) is 0 Å². The zero-order chi connectivity index (χ0) is 16.8. The number of nitrogens with one attached hydrogen (secondary N) is 1. The Hall–Kier alpha value is -2.66. The van der Waals surface area contributed by atoms with Crippen molar-refractivity contribution in [2.45, 2.75) is 19.6 Å². The lowest BCUT2D eigenvalue weighted by Gasteiger charge is -2.21. The molecule has 3 aromatic rings. The van der Waals surface area contributed by atoms with Gasteiger partial charge in [0.2, 0.25) is 0 Å². The zero-order valence-corrected chi connectivity index (χ0v) is 14.2. The Morgan fingerprint density at radius 1 is 1.00 bits per heavy atom. The number of aromatic nitrogens is 3. The van der Waals surface area contributed by atoms with Crippen molar-refractivity contribution in [3.8, 4) is 0 Å². The molecule has 3 rings (SSSR count). The molecule has 5 nitrogen and oxygen atoms in total. The highest BCUT2D eigenvalue weighted by Crippen LogP contribution is 2.18. The number of aryl methyl sites for hydroxylation is 1. The van der Waals surface area contributed by atoms with Crippen molar-refractivity contribution in [1.29, 1.82) is 0 Å². The van der Waals surface area contributed by atoms with Gasteiger partial charge in [-0.25, -0.2) is 9.97 Å². The van der Waals surface area contributed by atoms with Gasteiger partial charge in [0, 0.05) is 51.3 Å². The molecule has 2 aromatic heterocycles. The van der Waals surface area contributed by atoms with Gasteiger partial charge in [-0.1, -0.05) is 36.4 Å². The van der Waals surface area contributed by atoms with E-state index in [1.165, 1.54) is 11.1 Å². The fraction of sp³-hybridized carbons (Fsp3) is 0.263. The first kappa shape index (κ1) is 16.2. The van der Waals surface area contributed by atoms with E-state index in [-0.39, 0.29) is 0 Å². The summed E-state index contributed by atoms with van der Waals surface area (Å²) in [6.45, 7) is 2.33. The van der Waals surface area contributed by atoms with Crippen LogP contribution in [0.3, 0.4) is 0 Å². The van der Waals surface area contributed by atoms with Crippen LogP contribution >= 0.6 is 0 Å². The van der Waals surface area contributed by atoms with Crippen LogP contribution < -0.4 is 10.2 Å². The van der Waals surface area contributed by atoms with Crippen LogP contribution in [-0.4, -0.2) is 21.6 Å². The molecule has 0 spiro atoms. The van der Waals surface area contributed by atoms with Gasteiger partial charge < -0.3 is 14.8 Å². The summed E-state index contributed by atoms with van der Waals surface area (Å²) >= 11 is 0. The summed E-state index contributed by atoms with van der Waals surface area (Å²) in [6, 6.07) is 14.6. The van der Waals surface area contributed by atoms with E-state index in [4.69, 9.17) is 0 Å². The first-order valence-electron chi connectivity index (χ1n) is 8.10. The van der Waals surface area contributed by atoms with Gasteiger partial charge >= 0.3 is 0 Å². The number of hydrogen-bond acceptors (Lipinski definition) is 4. The number of nitrogens with zero attached hydrogens (tertiary/aromatic N) is 4. The second kappa shape index (κ2) is 7.75. The lowest BCUT2D eigenvalue weighted by atomic mass is 10.2. The standard InChI is InChI=1S/C19H23N5/c1-23-12-11-21-18(23)14-20-13-17-9-6-10-22-19(17)24(2)15-16-7-4-3-5-8-16/h3-12,20H,13-15H2,1-2H3. The van der Waals surface area contributed by atoms with Crippen molar-refractivity contribution in [3.63, 3.8) is 0 Å². The Kier molecular flexibility index (Phi) is 5.23. The highest BCUT2D eigenvalue weighted by Gasteiger charge is 2.09. The maximum atomic E-state index is 4.57. The van der Waals surface area contributed by atoms with Crippen LogP contribution in [0.1, 0.15) is 17.0 Å². The van der Waals surface area contributed by atoms with Crippen molar-refractivity contribution in [3.05, 3.63) is 78.0 Å². The molecule has 0 aliphatic carbocycles. The van der Waals surface area contributed by atoms with Crippen LogP contribution in [0.15, 0.2) is 61.1 Å². The van der Waals surface area contributed by atoms with Crippen molar-refractivity contribution < 1.29 is 0 Å². The third kappa shape index (κ3) is 4.00. The van der Waals surface area contributed by atoms with Crippen LogP contribution in [0.4, 0.5) is 5.82 Å². The molecule has 0 saturated carbocycles. The molecule has 0 fully saturated rings. The fourth-order valence-electron chi connectivity index (χ4n) is 2.72. The van der Waals surface area contributed by atoms with Crippen LogP contribution in [0, 0.1) is 0 Å². The SMILES string of the molecule is CN(Cc1ccccc1)c1ncccc1CNCc1nccn1C. The summed E-state index contributed by atoms with van der Waals surface area (Å²) in [6.07, 6.45) is 5.62. The topological polar surface area (TPSA) is 46.0 Å². The van der Waals surface area contributed by atoms with E-state index in [0.717, 1.165) is 31.3 Å². The summed E-state index contributed by atoms with van der Waals surface area (Å²) < 4.78 is 2.03. The summed E-state index contributed by atoms with van der Waals surface area (Å²) in [5.74, 6) is 2.03. The lowest BCUT2D eigenvalue weighted by Crippen LogP contribution is -2.22. The molecular formula is C19H23N5. The Morgan fingerprint density at radius 3 is 2.58 bits per heavy atom. The smallest absolute Gasteiger partial charge is 0.133 e. The number of benzene rings is 1. The second-order valence-electron chi connectivity index (χ2n) is 5.89. The second-order valence-corrected chi connectivity index (χ2v) is 5.89. The number of imidazole rings is 1. The summed E-state index contributed by atoms with van der Waals surface area (Å²) in [4.78, 5) is 11.1. The molecule has 0 unspecified atom stereocenters. The summed E-state index contributed by atoms with van der Waals surface area (Å²) in [5, 5.41) is 3.45. The molecule has 1 N–H and O–H groups in total. The van der Waals surface area contributed by atoms with E-state index in [9.17, 15) is 0 Å². The van der Waals surface area contributed by atoms with Gasteiger partial charge in [-0.3, -0.25) is 0 Å². The summed E-state index contributed by atoms with van der Waals surface area (Å²) in [5.41, 5.74) is 2.46. The molecule has 24 heavy (non-hydrogen) atoms. The number of anilines is 1. The highest BCUT2D eigenvalue weighted by atomic mass is 15.2. The molecule has 2 heterocycles. The van der Waals surface area contributed by atoms with Crippen molar-refractivity contribution in [1.82, 2.24) is 19.9 Å². The van der Waals surface area contributed by atoms with E-state index < -0.39 is 0 Å². The van der Waals surface area contributed by atoms with Gasteiger partial charge in [0.05, 0.1) is 6.54 Å². The van der Waals surface area contributed by atoms with E-state index >= 15 is 0 Å². The van der Waals surface area contributed by atoms with Gasteiger partial charge in [-0.05, 0) is 11.6 Å². The van der Waals surface area contributed by atoms with Gasteiger partial charge in [-0.2, -0.15) is 0 Å².